The third kappa shape index (κ3) is 1.71. The first-order valence-electron chi connectivity index (χ1n) is 2.87. The van der Waals surface area contributed by atoms with Crippen molar-refractivity contribution < 1.29 is 36.6 Å². The van der Waals surface area contributed by atoms with Crippen molar-refractivity contribution in [3.63, 3.8) is 0 Å². The van der Waals surface area contributed by atoms with Crippen molar-refractivity contribution in [2.45, 2.75) is 0 Å². The fourth-order valence-corrected chi connectivity index (χ4v) is 1.44. The lowest BCUT2D eigenvalue weighted by Gasteiger charge is -2.10. The van der Waals surface area contributed by atoms with Gasteiger partial charge in [-0.1, -0.05) is 5.04 Å². The number of hydrogen-bond acceptors (Lipinski definition) is 3. The van der Waals surface area contributed by atoms with Crippen LogP contribution in [0, 0.1) is 0 Å². The van der Waals surface area contributed by atoms with E-state index in [0.717, 1.165) is 0 Å². The van der Waals surface area contributed by atoms with Crippen molar-refractivity contribution in [3.8, 4) is 0 Å². The summed E-state index contributed by atoms with van der Waals surface area (Å²) in [4.78, 5) is 0. The van der Waals surface area contributed by atoms with Crippen LogP contribution in [-0.2, 0) is 9.37 Å². The Morgan fingerprint density at radius 1 is 0.929 bits per heavy atom. The monoisotopic (exact) mass is 236 g/mol. The summed E-state index contributed by atoms with van der Waals surface area (Å²) in [6.07, 6.45) is 0. The van der Waals surface area contributed by atoms with Crippen molar-refractivity contribution >= 4 is 15.9 Å². The highest BCUT2D eigenvalue weighted by Crippen LogP contribution is 2.42. The van der Waals surface area contributed by atoms with E-state index in [2.05, 4.69) is 9.37 Å². The SMILES string of the molecule is OOOS1=C(F)C(F)=C(F)C(F)=C1F. The molecule has 0 aromatic heterocycles. The van der Waals surface area contributed by atoms with Gasteiger partial charge in [0.1, 0.15) is 0 Å². The molecule has 0 aliphatic carbocycles. The summed E-state index contributed by atoms with van der Waals surface area (Å²) in [6, 6.07) is 0. The zero-order valence-electron chi connectivity index (χ0n) is 6.06. The van der Waals surface area contributed by atoms with Crippen molar-refractivity contribution in [1.29, 1.82) is 0 Å². The maximum atomic E-state index is 12.6. The van der Waals surface area contributed by atoms with Gasteiger partial charge in [0.25, 0.3) is 0 Å². The van der Waals surface area contributed by atoms with Crippen molar-refractivity contribution in [3.05, 3.63) is 22.6 Å². The molecule has 1 aliphatic rings. The second kappa shape index (κ2) is 4.17. The third-order valence-corrected chi connectivity index (χ3v) is 2.36. The summed E-state index contributed by atoms with van der Waals surface area (Å²) in [5.74, 6) is -6.76. The maximum Gasteiger partial charge on any atom is 0.220 e. The van der Waals surface area contributed by atoms with E-state index < -0.39 is 38.5 Å². The first-order chi connectivity index (χ1) is 6.50. The van der Waals surface area contributed by atoms with E-state index in [1.54, 1.807) is 0 Å². The van der Waals surface area contributed by atoms with Crippen LogP contribution < -0.4 is 0 Å². The van der Waals surface area contributed by atoms with Gasteiger partial charge in [-0.3, -0.25) is 0 Å². The van der Waals surface area contributed by atoms with Crippen LogP contribution in [0.2, 0.25) is 0 Å². The highest BCUT2D eigenvalue weighted by molar-refractivity contribution is 8.15. The molecule has 1 unspecified atom stereocenters. The summed E-state index contributed by atoms with van der Waals surface area (Å²) in [7, 11) is -2.87. The second-order valence-electron chi connectivity index (χ2n) is 1.90. The summed E-state index contributed by atoms with van der Waals surface area (Å²) in [5, 5.41) is 6.41. The van der Waals surface area contributed by atoms with Gasteiger partial charge in [-0.2, -0.15) is 17.6 Å². The number of halogens is 5. The van der Waals surface area contributed by atoms with Gasteiger partial charge in [0.15, 0.2) is 0 Å². The van der Waals surface area contributed by atoms with Crippen LogP contribution in [0.1, 0.15) is 0 Å². The Morgan fingerprint density at radius 2 is 1.50 bits per heavy atom. The maximum absolute atomic E-state index is 12.6. The molecule has 1 N–H and O–H groups in total. The molecule has 0 spiro atoms. The molecule has 1 atom stereocenters. The minimum atomic E-state index is -2.87. The van der Waals surface area contributed by atoms with Gasteiger partial charge in [0.05, 0.1) is 10.8 Å². The first-order valence-corrected chi connectivity index (χ1v) is 4.02. The fourth-order valence-electron chi connectivity index (χ4n) is 0.601. The van der Waals surface area contributed by atoms with Gasteiger partial charge in [-0.25, -0.2) is 9.65 Å². The molecule has 0 fully saturated rings. The topological polar surface area (TPSA) is 38.7 Å². The van der Waals surface area contributed by atoms with Crippen molar-refractivity contribution in [2.24, 2.45) is 0 Å². The molecular formula is C5HF5O3S. The lowest BCUT2D eigenvalue weighted by Crippen LogP contribution is -2.04. The Balaban J connectivity index is 3.29. The molecule has 9 heteroatoms. The van der Waals surface area contributed by atoms with Crippen LogP contribution in [0.15, 0.2) is 22.6 Å². The molecule has 1 rings (SSSR count). The Kier molecular flexibility index (Phi) is 3.37. The van der Waals surface area contributed by atoms with Gasteiger partial charge >= 0.3 is 0 Å². The lowest BCUT2D eigenvalue weighted by molar-refractivity contribution is -0.432. The van der Waals surface area contributed by atoms with Gasteiger partial charge in [-0.15, -0.1) is 4.33 Å². The van der Waals surface area contributed by atoms with Crippen LogP contribution in [0.5, 0.6) is 0 Å². The Hall–Kier alpha value is -0.770. The number of hydrogen-bond donors (Lipinski definition) is 1. The summed E-state index contributed by atoms with van der Waals surface area (Å²) in [6.45, 7) is 0. The van der Waals surface area contributed by atoms with Crippen LogP contribution in [0.3, 0.4) is 0 Å². The van der Waals surface area contributed by atoms with Crippen molar-refractivity contribution in [2.75, 3.05) is 0 Å². The Bertz CT molecular complexity index is 355. The molecule has 0 amide bonds. The molecule has 3 nitrogen and oxygen atoms in total. The van der Waals surface area contributed by atoms with E-state index in [4.69, 9.17) is 5.26 Å². The molecule has 14 heavy (non-hydrogen) atoms. The second-order valence-corrected chi connectivity index (χ2v) is 3.29. The minimum Gasteiger partial charge on any atom is -0.220 e. The molecule has 0 aromatic carbocycles. The molecule has 0 aromatic rings. The van der Waals surface area contributed by atoms with Crippen LogP contribution >= 0.6 is 10.8 Å². The van der Waals surface area contributed by atoms with E-state index >= 15 is 0 Å². The van der Waals surface area contributed by atoms with Gasteiger partial charge in [-0.05, 0) is 0 Å². The zero-order valence-corrected chi connectivity index (χ0v) is 6.88. The largest absolute Gasteiger partial charge is 0.220 e. The van der Waals surface area contributed by atoms with Crippen LogP contribution in [0.4, 0.5) is 22.0 Å². The Labute approximate surface area is 76.0 Å². The van der Waals surface area contributed by atoms with Gasteiger partial charge in [0, 0.05) is 0 Å². The highest BCUT2D eigenvalue weighted by Gasteiger charge is 2.32. The average Bonchev–Trinajstić information content (AvgIpc) is 2.19. The lowest BCUT2D eigenvalue weighted by atomic mass is 10.4. The predicted molar refractivity (Wildman–Crippen MR) is 37.0 cm³/mol. The quantitative estimate of drug-likeness (QED) is 0.263. The number of rotatable bonds is 2. The van der Waals surface area contributed by atoms with E-state index in [0.29, 0.717) is 0 Å². The Morgan fingerprint density at radius 3 is 2.00 bits per heavy atom. The van der Waals surface area contributed by atoms with Crippen LogP contribution in [-0.4, -0.2) is 10.4 Å². The van der Waals surface area contributed by atoms with E-state index in [-0.39, 0.29) is 0 Å². The van der Waals surface area contributed by atoms with Crippen LogP contribution in [0.25, 0.3) is 0 Å². The highest BCUT2D eigenvalue weighted by atomic mass is 32.2. The zero-order chi connectivity index (χ0) is 10.9. The van der Waals surface area contributed by atoms with Crippen molar-refractivity contribution in [1.82, 2.24) is 0 Å². The summed E-state index contributed by atoms with van der Waals surface area (Å²) in [5.41, 5.74) is 0. The third-order valence-electron chi connectivity index (χ3n) is 1.15. The van der Waals surface area contributed by atoms with Gasteiger partial charge in [0.2, 0.25) is 27.8 Å². The molecule has 0 saturated carbocycles. The standard InChI is InChI=1S/C5HF5O3S/c6-1-2(7)4(9)14(13-12-11)5(10)3(1)8/h11H. The molecule has 0 radical (unpaired) electrons. The number of allylic oxidation sites excluding steroid dienone is 3. The predicted octanol–water partition coefficient (Wildman–Crippen LogP) is 2.96. The smallest absolute Gasteiger partial charge is 0.220 e. The fraction of sp³-hybridized carbons (Fsp3) is 0. The van der Waals surface area contributed by atoms with E-state index in [9.17, 15) is 22.0 Å². The average molecular weight is 236 g/mol. The minimum absolute atomic E-state index is 2.05. The summed E-state index contributed by atoms with van der Waals surface area (Å²) < 4.78 is 65.8. The van der Waals surface area contributed by atoms with E-state index in [1.165, 1.54) is 0 Å². The molecular weight excluding hydrogens is 235 g/mol. The molecule has 0 saturated heterocycles. The van der Waals surface area contributed by atoms with Gasteiger partial charge < -0.3 is 0 Å². The normalized spacial score (nSPS) is 23.6. The molecule has 80 valence electrons. The summed E-state index contributed by atoms with van der Waals surface area (Å²) >= 11 is 0. The van der Waals surface area contributed by atoms with E-state index in [1.807, 2.05) is 0 Å². The molecule has 1 heterocycles. The molecule has 0 bridgehead atoms. The molecule has 1 aliphatic heterocycles. The first kappa shape index (κ1) is 11.3.